The van der Waals surface area contributed by atoms with Gasteiger partial charge in [-0.2, -0.15) is 0 Å². The van der Waals surface area contributed by atoms with E-state index in [0.717, 1.165) is 38.3 Å². The van der Waals surface area contributed by atoms with Gasteiger partial charge in [-0.15, -0.1) is 0 Å². The van der Waals surface area contributed by atoms with Crippen molar-refractivity contribution in [1.29, 1.82) is 0 Å². The normalized spacial score (nSPS) is 15.8. The molecule has 4 nitrogen and oxygen atoms in total. The van der Waals surface area contributed by atoms with Gasteiger partial charge in [-0.25, -0.2) is 0 Å². The molecule has 0 unspecified atom stereocenters. The zero-order valence-corrected chi connectivity index (χ0v) is 14.2. The van der Waals surface area contributed by atoms with E-state index in [2.05, 4.69) is 17.1 Å². The molecule has 1 aliphatic rings. The quantitative estimate of drug-likeness (QED) is 0.858. The van der Waals surface area contributed by atoms with Crippen LogP contribution in [0.25, 0.3) is 6.08 Å². The number of benzene rings is 1. The lowest BCUT2D eigenvalue weighted by atomic mass is 10.2. The van der Waals surface area contributed by atoms with Crippen molar-refractivity contribution in [2.45, 2.75) is 6.54 Å². The summed E-state index contributed by atoms with van der Waals surface area (Å²) >= 11 is 5.96. The van der Waals surface area contributed by atoms with Crippen molar-refractivity contribution in [3.8, 4) is 0 Å². The summed E-state index contributed by atoms with van der Waals surface area (Å²) in [5.74, 6) is 0.0675. The number of carbonyl (C=O) groups is 1. The van der Waals surface area contributed by atoms with Gasteiger partial charge in [0.05, 0.1) is 26.2 Å². The minimum absolute atomic E-state index is 0.0675. The van der Waals surface area contributed by atoms with E-state index < -0.39 is 0 Å². The lowest BCUT2D eigenvalue weighted by Gasteiger charge is -2.31. The molecule has 0 spiro atoms. The van der Waals surface area contributed by atoms with Gasteiger partial charge in [0.15, 0.2) is 0 Å². The maximum absolute atomic E-state index is 12.3. The molecule has 0 radical (unpaired) electrons. The van der Waals surface area contributed by atoms with Crippen LogP contribution in [0, 0.1) is 0 Å². The van der Waals surface area contributed by atoms with Gasteiger partial charge >= 0.3 is 0 Å². The molecule has 0 bridgehead atoms. The second kappa shape index (κ2) is 8.08. The zero-order chi connectivity index (χ0) is 16.8. The third-order valence-electron chi connectivity index (χ3n) is 4.25. The summed E-state index contributed by atoms with van der Waals surface area (Å²) in [6.45, 7) is 4.51. The topological polar surface area (TPSA) is 37.6 Å². The molecular weight excluding hydrogens is 322 g/mol. The van der Waals surface area contributed by atoms with E-state index in [9.17, 15) is 4.79 Å². The lowest BCUT2D eigenvalue weighted by molar-refractivity contribution is -0.917. The SMILES string of the molecule is O=C(/C=C/c1cccc(Cl)c1)N1CC[NH+](Cc2ccncc2)CC1. The maximum Gasteiger partial charge on any atom is 0.246 e. The molecule has 0 saturated carbocycles. The molecule has 1 N–H and O–H groups in total. The summed E-state index contributed by atoms with van der Waals surface area (Å²) in [6.07, 6.45) is 7.12. The zero-order valence-electron chi connectivity index (χ0n) is 13.5. The van der Waals surface area contributed by atoms with Crippen molar-refractivity contribution in [2.75, 3.05) is 26.2 Å². The van der Waals surface area contributed by atoms with E-state index in [4.69, 9.17) is 11.6 Å². The molecule has 1 fully saturated rings. The van der Waals surface area contributed by atoms with Crippen LogP contribution in [-0.4, -0.2) is 42.0 Å². The first kappa shape index (κ1) is 16.7. The number of carbonyl (C=O) groups excluding carboxylic acids is 1. The monoisotopic (exact) mass is 342 g/mol. The first-order valence-electron chi connectivity index (χ1n) is 8.16. The molecule has 1 saturated heterocycles. The van der Waals surface area contributed by atoms with Gasteiger partial charge in [-0.1, -0.05) is 23.7 Å². The maximum atomic E-state index is 12.3. The van der Waals surface area contributed by atoms with Gasteiger partial charge in [-0.05, 0) is 35.9 Å². The van der Waals surface area contributed by atoms with Crippen molar-refractivity contribution in [1.82, 2.24) is 9.88 Å². The summed E-state index contributed by atoms with van der Waals surface area (Å²) in [7, 11) is 0. The second-order valence-electron chi connectivity index (χ2n) is 6.00. The largest absolute Gasteiger partial charge is 0.328 e. The summed E-state index contributed by atoms with van der Waals surface area (Å²) in [5.41, 5.74) is 2.23. The highest BCUT2D eigenvalue weighted by Gasteiger charge is 2.22. The summed E-state index contributed by atoms with van der Waals surface area (Å²) in [5, 5.41) is 0.679. The minimum Gasteiger partial charge on any atom is -0.328 e. The lowest BCUT2D eigenvalue weighted by Crippen LogP contribution is -3.13. The number of nitrogens with zero attached hydrogens (tertiary/aromatic N) is 2. The van der Waals surface area contributed by atoms with Crippen molar-refractivity contribution < 1.29 is 9.69 Å². The van der Waals surface area contributed by atoms with E-state index in [1.54, 1.807) is 6.08 Å². The van der Waals surface area contributed by atoms with Gasteiger partial charge < -0.3 is 9.80 Å². The Morgan fingerprint density at radius 2 is 1.96 bits per heavy atom. The van der Waals surface area contributed by atoms with Crippen LogP contribution in [0.1, 0.15) is 11.1 Å². The Balaban J connectivity index is 1.50. The molecule has 0 aliphatic carbocycles. The third-order valence-corrected chi connectivity index (χ3v) is 4.49. The Labute approximate surface area is 147 Å². The molecule has 124 valence electrons. The van der Waals surface area contributed by atoms with Crippen molar-refractivity contribution in [3.63, 3.8) is 0 Å². The number of halogens is 1. The Morgan fingerprint density at radius 3 is 2.67 bits per heavy atom. The summed E-state index contributed by atoms with van der Waals surface area (Å²) < 4.78 is 0. The number of piperazine rings is 1. The predicted molar refractivity (Wildman–Crippen MR) is 95.7 cm³/mol. The molecule has 0 atom stereocenters. The Morgan fingerprint density at radius 1 is 1.21 bits per heavy atom. The van der Waals surface area contributed by atoms with E-state index in [1.165, 1.54) is 10.5 Å². The Bertz CT molecular complexity index is 710. The van der Waals surface area contributed by atoms with Crippen LogP contribution in [0.5, 0.6) is 0 Å². The van der Waals surface area contributed by atoms with E-state index in [-0.39, 0.29) is 5.91 Å². The van der Waals surface area contributed by atoms with Gasteiger partial charge in [0, 0.05) is 29.1 Å². The third kappa shape index (κ3) is 4.66. The predicted octanol–water partition coefficient (Wildman–Crippen LogP) is 1.68. The molecule has 1 aliphatic heterocycles. The molecule has 1 aromatic heterocycles. The number of amides is 1. The van der Waals surface area contributed by atoms with Gasteiger partial charge in [-0.3, -0.25) is 9.78 Å². The number of rotatable bonds is 4. The fourth-order valence-electron chi connectivity index (χ4n) is 2.89. The van der Waals surface area contributed by atoms with Gasteiger partial charge in [0.25, 0.3) is 0 Å². The standard InChI is InChI=1S/C19H20ClN3O/c20-18-3-1-2-16(14-18)4-5-19(24)23-12-10-22(11-13-23)15-17-6-8-21-9-7-17/h1-9,14H,10-13,15H2/p+1/b5-4+. The van der Waals surface area contributed by atoms with Crippen molar-refractivity contribution >= 4 is 23.6 Å². The summed E-state index contributed by atoms with van der Waals surface area (Å²) in [6, 6.07) is 11.6. The fraction of sp³-hybridized carbons (Fsp3) is 0.263. The number of hydrogen-bond acceptors (Lipinski definition) is 2. The van der Waals surface area contributed by atoms with Crippen LogP contribution in [0.15, 0.2) is 54.9 Å². The van der Waals surface area contributed by atoms with E-state index in [0.29, 0.717) is 5.02 Å². The molecule has 5 heteroatoms. The van der Waals surface area contributed by atoms with Crippen LogP contribution in [-0.2, 0) is 11.3 Å². The first-order chi connectivity index (χ1) is 11.7. The highest BCUT2D eigenvalue weighted by atomic mass is 35.5. The van der Waals surface area contributed by atoms with Crippen LogP contribution in [0.4, 0.5) is 0 Å². The van der Waals surface area contributed by atoms with Crippen molar-refractivity contribution in [2.24, 2.45) is 0 Å². The molecule has 3 rings (SSSR count). The number of pyridine rings is 1. The molecule has 2 aromatic rings. The van der Waals surface area contributed by atoms with Crippen LogP contribution >= 0.6 is 11.6 Å². The van der Waals surface area contributed by atoms with Crippen LogP contribution in [0.3, 0.4) is 0 Å². The molecular formula is C19H21ClN3O+. The highest BCUT2D eigenvalue weighted by Crippen LogP contribution is 2.12. The van der Waals surface area contributed by atoms with E-state index in [1.807, 2.05) is 47.6 Å². The average molecular weight is 343 g/mol. The Hall–Kier alpha value is -2.17. The molecule has 2 heterocycles. The molecule has 24 heavy (non-hydrogen) atoms. The smallest absolute Gasteiger partial charge is 0.246 e. The fourth-order valence-corrected chi connectivity index (χ4v) is 3.09. The number of hydrogen-bond donors (Lipinski definition) is 1. The van der Waals surface area contributed by atoms with Gasteiger partial charge in [0.1, 0.15) is 6.54 Å². The van der Waals surface area contributed by atoms with E-state index >= 15 is 0 Å². The Kier molecular flexibility index (Phi) is 5.62. The average Bonchev–Trinajstić information content (AvgIpc) is 2.61. The number of aromatic nitrogens is 1. The first-order valence-corrected chi connectivity index (χ1v) is 8.53. The van der Waals surface area contributed by atoms with Crippen LogP contribution < -0.4 is 4.90 Å². The molecule has 1 aromatic carbocycles. The molecule has 1 amide bonds. The summed E-state index contributed by atoms with van der Waals surface area (Å²) in [4.78, 5) is 19.8. The number of nitrogens with one attached hydrogen (secondary N) is 1. The second-order valence-corrected chi connectivity index (χ2v) is 6.43. The van der Waals surface area contributed by atoms with Gasteiger partial charge in [0.2, 0.25) is 5.91 Å². The van der Waals surface area contributed by atoms with Crippen LogP contribution in [0.2, 0.25) is 5.02 Å². The van der Waals surface area contributed by atoms with Crippen molar-refractivity contribution in [3.05, 3.63) is 71.0 Å². The minimum atomic E-state index is 0.0675. The number of quaternary nitrogens is 1. The highest BCUT2D eigenvalue weighted by molar-refractivity contribution is 6.30.